The molecule has 0 atom stereocenters. The zero-order valence-electron chi connectivity index (χ0n) is 19.4. The number of hydrogen-bond donors (Lipinski definition) is 3. The van der Waals surface area contributed by atoms with Crippen molar-refractivity contribution in [2.75, 3.05) is 16.4 Å². The van der Waals surface area contributed by atoms with E-state index in [0.717, 1.165) is 4.90 Å². The molecule has 0 spiro atoms. The quantitative estimate of drug-likeness (QED) is 0.180. The number of benzene rings is 3. The number of anilines is 2. The molecule has 186 valence electrons. The second-order valence-corrected chi connectivity index (χ2v) is 9.15. The van der Waals surface area contributed by atoms with Crippen molar-refractivity contribution in [3.63, 3.8) is 0 Å². The van der Waals surface area contributed by atoms with E-state index in [9.17, 15) is 14.4 Å². The first-order valence-electron chi connectivity index (χ1n) is 11.2. The van der Waals surface area contributed by atoms with E-state index in [2.05, 4.69) is 16.0 Å². The molecule has 4 rings (SSSR count). The molecule has 3 N–H and O–H groups in total. The maximum atomic E-state index is 13.1. The molecule has 0 saturated heterocycles. The van der Waals surface area contributed by atoms with Crippen LogP contribution in [0.1, 0.15) is 16.1 Å². The second-order valence-electron chi connectivity index (χ2n) is 7.69. The number of nitrogens with one attached hydrogen (secondary N) is 3. The van der Waals surface area contributed by atoms with E-state index in [1.807, 2.05) is 6.07 Å². The monoisotopic (exact) mass is 531 g/mol. The van der Waals surface area contributed by atoms with Gasteiger partial charge in [-0.1, -0.05) is 48.0 Å². The van der Waals surface area contributed by atoms with Crippen molar-refractivity contribution in [3.05, 3.63) is 119 Å². The number of halogens is 1. The zero-order chi connectivity index (χ0) is 26.0. The minimum Gasteiger partial charge on any atom is -0.465 e. The predicted molar refractivity (Wildman–Crippen MR) is 146 cm³/mol. The predicted octanol–water partition coefficient (Wildman–Crippen LogP) is 6.07. The molecule has 0 bridgehead atoms. The summed E-state index contributed by atoms with van der Waals surface area (Å²) >= 11 is 7.40. The average Bonchev–Trinajstić information content (AvgIpc) is 3.42. The Hall–Kier alpha value is -4.27. The van der Waals surface area contributed by atoms with Gasteiger partial charge in [0.2, 0.25) is 5.91 Å². The smallest absolute Gasteiger partial charge is 0.272 e. The van der Waals surface area contributed by atoms with Crippen LogP contribution in [0.2, 0.25) is 5.02 Å². The van der Waals surface area contributed by atoms with Crippen LogP contribution in [0.15, 0.2) is 112 Å². The summed E-state index contributed by atoms with van der Waals surface area (Å²) in [7, 11) is 0. The van der Waals surface area contributed by atoms with E-state index in [1.54, 1.807) is 84.9 Å². The molecule has 0 saturated carbocycles. The molecule has 0 aliphatic heterocycles. The Morgan fingerprint density at radius 1 is 0.865 bits per heavy atom. The minimum atomic E-state index is -0.528. The van der Waals surface area contributed by atoms with Crippen LogP contribution in [0, 0.1) is 0 Å². The molecule has 0 unspecified atom stereocenters. The normalized spacial score (nSPS) is 11.0. The van der Waals surface area contributed by atoms with E-state index in [1.165, 1.54) is 24.1 Å². The first-order valence-corrected chi connectivity index (χ1v) is 12.5. The summed E-state index contributed by atoms with van der Waals surface area (Å²) in [4.78, 5) is 38.9. The van der Waals surface area contributed by atoms with E-state index >= 15 is 0 Å². The van der Waals surface area contributed by atoms with Gasteiger partial charge < -0.3 is 20.4 Å². The molecular weight excluding hydrogens is 510 g/mol. The minimum absolute atomic E-state index is 0.0148. The van der Waals surface area contributed by atoms with Gasteiger partial charge in [0.05, 0.1) is 22.7 Å². The lowest BCUT2D eigenvalue weighted by Gasteiger charge is -2.12. The maximum absolute atomic E-state index is 13.1. The molecule has 1 aromatic heterocycles. The highest BCUT2D eigenvalue weighted by Crippen LogP contribution is 2.24. The van der Waals surface area contributed by atoms with E-state index < -0.39 is 11.8 Å². The Morgan fingerprint density at radius 2 is 1.65 bits per heavy atom. The molecule has 4 aromatic rings. The third-order valence-electron chi connectivity index (χ3n) is 4.97. The lowest BCUT2D eigenvalue weighted by Crippen LogP contribution is -2.30. The number of furan rings is 1. The molecule has 1 heterocycles. The van der Waals surface area contributed by atoms with Gasteiger partial charge in [0.25, 0.3) is 11.8 Å². The maximum Gasteiger partial charge on any atom is 0.272 e. The van der Waals surface area contributed by atoms with Gasteiger partial charge in [-0.15, -0.1) is 11.8 Å². The van der Waals surface area contributed by atoms with Crippen LogP contribution >= 0.6 is 23.4 Å². The van der Waals surface area contributed by atoms with Crippen molar-refractivity contribution in [1.29, 1.82) is 0 Å². The number of amides is 3. The highest BCUT2D eigenvalue weighted by molar-refractivity contribution is 8.00. The SMILES string of the molecule is O=C(CSc1cccc(NC(=O)/C(=C/c2ccco2)NC(=O)c2ccccc2)c1)Nc1ccccc1Cl. The molecule has 37 heavy (non-hydrogen) atoms. The first kappa shape index (κ1) is 25.8. The van der Waals surface area contributed by atoms with Gasteiger partial charge >= 0.3 is 0 Å². The molecule has 7 nitrogen and oxygen atoms in total. The van der Waals surface area contributed by atoms with Gasteiger partial charge in [0.1, 0.15) is 11.5 Å². The van der Waals surface area contributed by atoms with Gasteiger partial charge in [-0.25, -0.2) is 0 Å². The summed E-state index contributed by atoms with van der Waals surface area (Å²) in [6.07, 6.45) is 2.93. The van der Waals surface area contributed by atoms with Crippen LogP contribution < -0.4 is 16.0 Å². The molecule has 0 fully saturated rings. The highest BCUT2D eigenvalue weighted by atomic mass is 35.5. The zero-order valence-corrected chi connectivity index (χ0v) is 21.0. The van der Waals surface area contributed by atoms with Gasteiger partial charge in [-0.05, 0) is 54.6 Å². The van der Waals surface area contributed by atoms with E-state index in [4.69, 9.17) is 16.0 Å². The number of rotatable bonds is 9. The van der Waals surface area contributed by atoms with Gasteiger partial charge in [0, 0.05) is 22.2 Å². The fraction of sp³-hybridized carbons (Fsp3) is 0.0357. The highest BCUT2D eigenvalue weighted by Gasteiger charge is 2.16. The van der Waals surface area contributed by atoms with Crippen LogP contribution in [-0.2, 0) is 9.59 Å². The molecule has 3 amide bonds. The van der Waals surface area contributed by atoms with Crippen LogP contribution in [0.25, 0.3) is 6.08 Å². The number of carbonyl (C=O) groups excluding carboxylic acids is 3. The summed E-state index contributed by atoms with van der Waals surface area (Å²) in [5.41, 5.74) is 1.47. The molecule has 0 radical (unpaired) electrons. The van der Waals surface area contributed by atoms with Crippen LogP contribution in [0.4, 0.5) is 11.4 Å². The molecule has 9 heteroatoms. The third-order valence-corrected chi connectivity index (χ3v) is 6.29. The number of carbonyl (C=O) groups is 3. The van der Waals surface area contributed by atoms with Crippen molar-refractivity contribution in [2.24, 2.45) is 0 Å². The fourth-order valence-electron chi connectivity index (χ4n) is 3.22. The van der Waals surface area contributed by atoms with Crippen LogP contribution in [0.3, 0.4) is 0 Å². The number of para-hydroxylation sites is 1. The average molecular weight is 532 g/mol. The topological polar surface area (TPSA) is 100 Å². The van der Waals surface area contributed by atoms with Crippen LogP contribution in [0.5, 0.6) is 0 Å². The Balaban J connectivity index is 1.42. The third kappa shape index (κ3) is 7.60. The van der Waals surface area contributed by atoms with Crippen molar-refractivity contribution < 1.29 is 18.8 Å². The summed E-state index contributed by atoms with van der Waals surface area (Å²) in [6.45, 7) is 0. The summed E-state index contributed by atoms with van der Waals surface area (Å²) < 4.78 is 5.32. The Morgan fingerprint density at radius 3 is 2.41 bits per heavy atom. The Labute approximate surface area is 222 Å². The van der Waals surface area contributed by atoms with Gasteiger partial charge in [-0.2, -0.15) is 0 Å². The van der Waals surface area contributed by atoms with E-state index in [0.29, 0.717) is 27.7 Å². The summed E-state index contributed by atoms with van der Waals surface area (Å²) in [6, 6.07) is 26.0. The van der Waals surface area contributed by atoms with Crippen molar-refractivity contribution in [3.8, 4) is 0 Å². The standard InChI is InChI=1S/C28H22ClN3O4S/c29-23-13-4-5-14-24(23)31-26(33)18-37-22-12-6-10-20(16-22)30-28(35)25(17-21-11-7-15-36-21)32-27(34)19-8-2-1-3-9-19/h1-17H,18H2,(H,30,35)(H,31,33)(H,32,34)/b25-17-. The number of hydrogen-bond acceptors (Lipinski definition) is 5. The first-order chi connectivity index (χ1) is 18.0. The fourth-order valence-corrected chi connectivity index (χ4v) is 4.16. The largest absolute Gasteiger partial charge is 0.465 e. The van der Waals surface area contributed by atoms with Crippen molar-refractivity contribution >= 4 is 58.5 Å². The van der Waals surface area contributed by atoms with Gasteiger partial charge in [-0.3, -0.25) is 14.4 Å². The lowest BCUT2D eigenvalue weighted by molar-refractivity contribution is -0.114. The van der Waals surface area contributed by atoms with Crippen molar-refractivity contribution in [1.82, 2.24) is 5.32 Å². The van der Waals surface area contributed by atoms with E-state index in [-0.39, 0.29) is 17.4 Å². The van der Waals surface area contributed by atoms with Gasteiger partial charge in [0.15, 0.2) is 0 Å². The van der Waals surface area contributed by atoms with Crippen LogP contribution in [-0.4, -0.2) is 23.5 Å². The molecular formula is C28H22ClN3O4S. The van der Waals surface area contributed by atoms with Crippen molar-refractivity contribution in [2.45, 2.75) is 4.90 Å². The summed E-state index contributed by atoms with van der Waals surface area (Å²) in [5.74, 6) is -0.603. The number of thioether (sulfide) groups is 1. The molecule has 0 aliphatic carbocycles. The molecule has 3 aromatic carbocycles. The second kappa shape index (κ2) is 12.6. The lowest BCUT2D eigenvalue weighted by atomic mass is 10.2. The Bertz CT molecular complexity index is 1420. The summed E-state index contributed by atoms with van der Waals surface area (Å²) in [5, 5.41) is 8.69. The molecule has 0 aliphatic rings. The Kier molecular flexibility index (Phi) is 8.80.